The number of rotatable bonds is 4. The molecule has 0 aromatic heterocycles. The smallest absolute Gasteiger partial charge is 0.341 e. The largest absolute Gasteiger partial charge is 0.455 e. The molecule has 0 radical (unpaired) electrons. The normalized spacial score (nSPS) is 31.8. The van der Waals surface area contributed by atoms with Crippen LogP contribution in [0, 0.1) is 6.92 Å². The van der Waals surface area contributed by atoms with Gasteiger partial charge in [-0.2, -0.15) is 8.42 Å². The summed E-state index contributed by atoms with van der Waals surface area (Å²) in [6, 6.07) is 6.29. The van der Waals surface area contributed by atoms with Gasteiger partial charge in [0.2, 0.25) is 0 Å². The molecule has 0 bridgehead atoms. The Kier molecular flexibility index (Phi) is 3.99. The highest BCUT2D eigenvalue weighted by Gasteiger charge is 2.64. The number of hydrogen-bond acceptors (Lipinski definition) is 7. The molecule has 2 fully saturated rings. The number of esters is 1. The van der Waals surface area contributed by atoms with Crippen LogP contribution in [0.15, 0.2) is 29.2 Å². The molecule has 2 aliphatic rings. The molecule has 0 spiro atoms. The van der Waals surface area contributed by atoms with E-state index in [0.717, 1.165) is 5.56 Å². The van der Waals surface area contributed by atoms with Gasteiger partial charge >= 0.3 is 5.97 Å². The van der Waals surface area contributed by atoms with Gasteiger partial charge in [0.25, 0.3) is 10.1 Å². The van der Waals surface area contributed by atoms with E-state index in [1.54, 1.807) is 32.9 Å². The highest BCUT2D eigenvalue weighted by Crippen LogP contribution is 2.43. The first-order valence-electron chi connectivity index (χ1n) is 7.59. The van der Waals surface area contributed by atoms with Crippen molar-refractivity contribution in [2.45, 2.75) is 56.2 Å². The maximum Gasteiger partial charge on any atom is 0.341 e. The monoisotopic (exact) mass is 356 g/mol. The second kappa shape index (κ2) is 5.52. The van der Waals surface area contributed by atoms with Gasteiger partial charge in [-0.05, 0) is 39.8 Å². The lowest BCUT2D eigenvalue weighted by molar-refractivity contribution is -0.198. The topological polar surface area (TPSA) is 88.1 Å². The number of hydrogen-bond donors (Lipinski definition) is 0. The first kappa shape index (κ1) is 17.3. The molecule has 132 valence electrons. The Bertz CT molecular complexity index is 753. The molecule has 8 heteroatoms. The molecule has 2 saturated heterocycles. The molecule has 2 aliphatic heterocycles. The summed E-state index contributed by atoms with van der Waals surface area (Å²) in [6.07, 6.45) is -1.59. The molecule has 0 unspecified atom stereocenters. The van der Waals surface area contributed by atoms with E-state index in [4.69, 9.17) is 18.4 Å². The van der Waals surface area contributed by atoms with Crippen LogP contribution in [-0.2, 0) is 33.3 Å². The van der Waals surface area contributed by atoms with Gasteiger partial charge in [-0.1, -0.05) is 17.7 Å². The van der Waals surface area contributed by atoms with Crippen molar-refractivity contribution in [2.75, 3.05) is 6.61 Å². The van der Waals surface area contributed by atoms with Crippen LogP contribution in [0.1, 0.15) is 26.3 Å². The predicted octanol–water partition coefficient (Wildman–Crippen LogP) is 1.54. The van der Waals surface area contributed by atoms with Gasteiger partial charge in [0.1, 0.15) is 12.7 Å². The summed E-state index contributed by atoms with van der Waals surface area (Å²) in [5, 5.41) is 0. The molecule has 0 saturated carbocycles. The van der Waals surface area contributed by atoms with E-state index < -0.39 is 39.7 Å². The number of aryl methyl sites for hydroxylation is 1. The van der Waals surface area contributed by atoms with Crippen LogP contribution in [0.4, 0.5) is 0 Å². The van der Waals surface area contributed by atoms with Crippen molar-refractivity contribution >= 4 is 16.1 Å². The molecular weight excluding hydrogens is 336 g/mol. The third-order valence-electron chi connectivity index (χ3n) is 4.11. The molecular formula is C16H20O7S. The first-order valence-corrected chi connectivity index (χ1v) is 8.99. The molecule has 1 aromatic carbocycles. The number of carbonyl (C=O) groups is 1. The van der Waals surface area contributed by atoms with Crippen LogP contribution in [-0.4, -0.2) is 44.6 Å². The lowest BCUT2D eigenvalue weighted by Gasteiger charge is -2.21. The number of benzene rings is 1. The Hall–Kier alpha value is -1.48. The second-order valence-corrected chi connectivity index (χ2v) is 8.26. The average Bonchev–Trinajstić information content (AvgIpc) is 2.85. The zero-order valence-electron chi connectivity index (χ0n) is 13.9. The molecule has 2 heterocycles. The highest BCUT2D eigenvalue weighted by molar-refractivity contribution is 7.86. The van der Waals surface area contributed by atoms with E-state index in [2.05, 4.69) is 0 Å². The fourth-order valence-electron chi connectivity index (χ4n) is 2.97. The minimum atomic E-state index is -3.95. The van der Waals surface area contributed by atoms with E-state index >= 15 is 0 Å². The zero-order valence-corrected chi connectivity index (χ0v) is 14.8. The van der Waals surface area contributed by atoms with Gasteiger partial charge in [0.05, 0.1) is 4.90 Å². The van der Waals surface area contributed by atoms with Gasteiger partial charge in [-0.3, -0.25) is 4.18 Å². The summed E-state index contributed by atoms with van der Waals surface area (Å²) >= 11 is 0. The molecule has 3 atom stereocenters. The van der Waals surface area contributed by atoms with Gasteiger partial charge in [-0.25, -0.2) is 4.79 Å². The summed E-state index contributed by atoms with van der Waals surface area (Å²) in [5.74, 6) is -1.54. The number of carbonyl (C=O) groups excluding carboxylic acids is 1. The lowest BCUT2D eigenvalue weighted by atomic mass is 9.99. The molecule has 7 nitrogen and oxygen atoms in total. The molecule has 1 aromatic rings. The maximum absolute atomic E-state index is 12.2. The van der Waals surface area contributed by atoms with Gasteiger partial charge in [0, 0.05) is 0 Å². The number of ether oxygens (including phenoxy) is 3. The summed E-state index contributed by atoms with van der Waals surface area (Å²) < 4.78 is 46.1. The molecule has 3 rings (SSSR count). The average molecular weight is 356 g/mol. The van der Waals surface area contributed by atoms with Gasteiger partial charge < -0.3 is 14.2 Å². The van der Waals surface area contributed by atoms with Crippen LogP contribution >= 0.6 is 0 Å². The number of cyclic esters (lactones) is 1. The summed E-state index contributed by atoms with van der Waals surface area (Å²) in [4.78, 5) is 12.1. The quantitative estimate of drug-likeness (QED) is 0.597. The third kappa shape index (κ3) is 2.95. The van der Waals surface area contributed by atoms with Gasteiger partial charge in [0.15, 0.2) is 17.5 Å². The van der Waals surface area contributed by atoms with Crippen LogP contribution < -0.4 is 0 Å². The fraction of sp³-hybridized carbons (Fsp3) is 0.562. The van der Waals surface area contributed by atoms with Crippen LogP contribution in [0.3, 0.4) is 0 Å². The third-order valence-corrected chi connectivity index (χ3v) is 5.41. The van der Waals surface area contributed by atoms with Crippen molar-refractivity contribution in [1.82, 2.24) is 0 Å². The standard InChI is InChI=1S/C16H20O7S/c1-10-5-7-11(8-6-10)24(18,19)20-9-12-13-16(4,14(17)21-12)23-15(2,3)22-13/h5-8,12-13H,9H2,1-4H3/t12-,13-,16-/m1/s1. The molecule has 0 aliphatic carbocycles. The molecule has 0 N–H and O–H groups in total. The summed E-state index contributed by atoms with van der Waals surface area (Å²) in [7, 11) is -3.95. The molecule has 0 amide bonds. The predicted molar refractivity (Wildman–Crippen MR) is 82.6 cm³/mol. The van der Waals surface area contributed by atoms with Crippen LogP contribution in [0.2, 0.25) is 0 Å². The minimum Gasteiger partial charge on any atom is -0.455 e. The van der Waals surface area contributed by atoms with E-state index in [0.29, 0.717) is 0 Å². The lowest BCUT2D eigenvalue weighted by Crippen LogP contribution is -2.41. The van der Waals surface area contributed by atoms with Crippen molar-refractivity contribution < 1.29 is 31.6 Å². The maximum atomic E-state index is 12.2. The zero-order chi connectivity index (χ0) is 17.8. The Morgan fingerprint density at radius 1 is 1.17 bits per heavy atom. The Balaban J connectivity index is 1.73. The van der Waals surface area contributed by atoms with Crippen molar-refractivity contribution in [2.24, 2.45) is 0 Å². The Labute approximate surface area is 141 Å². The SMILES string of the molecule is Cc1ccc(S(=O)(=O)OC[C@H]2OC(=O)[C@]3(C)OC(C)(C)O[C@H]23)cc1. The summed E-state index contributed by atoms with van der Waals surface area (Å²) in [5.41, 5.74) is -0.321. The number of fused-ring (bicyclic) bond motifs is 1. The second-order valence-electron chi connectivity index (χ2n) is 6.64. The van der Waals surface area contributed by atoms with Crippen molar-refractivity contribution in [3.63, 3.8) is 0 Å². The van der Waals surface area contributed by atoms with E-state index in [9.17, 15) is 13.2 Å². The van der Waals surface area contributed by atoms with Crippen LogP contribution in [0.25, 0.3) is 0 Å². The Morgan fingerprint density at radius 2 is 1.79 bits per heavy atom. The minimum absolute atomic E-state index is 0.0455. The van der Waals surface area contributed by atoms with Crippen molar-refractivity contribution in [3.8, 4) is 0 Å². The van der Waals surface area contributed by atoms with Crippen molar-refractivity contribution in [3.05, 3.63) is 29.8 Å². The van der Waals surface area contributed by atoms with Crippen molar-refractivity contribution in [1.29, 1.82) is 0 Å². The fourth-order valence-corrected chi connectivity index (χ4v) is 3.89. The molecule has 24 heavy (non-hydrogen) atoms. The Morgan fingerprint density at radius 3 is 2.42 bits per heavy atom. The van der Waals surface area contributed by atoms with E-state index in [1.807, 2.05) is 6.92 Å². The van der Waals surface area contributed by atoms with Gasteiger partial charge in [-0.15, -0.1) is 0 Å². The van der Waals surface area contributed by atoms with E-state index in [-0.39, 0.29) is 11.5 Å². The summed E-state index contributed by atoms with van der Waals surface area (Å²) in [6.45, 7) is 6.47. The van der Waals surface area contributed by atoms with Crippen LogP contribution in [0.5, 0.6) is 0 Å². The highest BCUT2D eigenvalue weighted by atomic mass is 32.2. The first-order chi connectivity index (χ1) is 11.0. The van der Waals surface area contributed by atoms with E-state index in [1.165, 1.54) is 12.1 Å².